The van der Waals surface area contributed by atoms with Crippen LogP contribution in [-0.4, -0.2) is 27.7 Å². The first-order chi connectivity index (χ1) is 12.0. The summed E-state index contributed by atoms with van der Waals surface area (Å²) in [4.78, 5) is 14.7. The van der Waals surface area contributed by atoms with Crippen molar-refractivity contribution in [1.82, 2.24) is 15.1 Å². The summed E-state index contributed by atoms with van der Waals surface area (Å²) in [7, 11) is 0. The smallest absolute Gasteiger partial charge is 0.322 e. The van der Waals surface area contributed by atoms with Crippen LogP contribution in [0.2, 0.25) is 5.02 Å². The average Bonchev–Trinajstić information content (AvgIpc) is 3.24. The number of hydrogen-bond donors (Lipinski definition) is 1. The average molecular weight is 363 g/mol. The van der Waals surface area contributed by atoms with E-state index in [1.807, 2.05) is 19.1 Å². The number of nitrogens with one attached hydrogen (secondary N) is 1. The van der Waals surface area contributed by atoms with Crippen molar-refractivity contribution >= 4 is 23.3 Å². The van der Waals surface area contributed by atoms with Crippen molar-refractivity contribution in [3.8, 4) is 0 Å². The highest BCUT2D eigenvalue weighted by molar-refractivity contribution is 6.32. The molecule has 2 heterocycles. The Kier molecular flexibility index (Phi) is 5.27. The molecule has 0 unspecified atom stereocenters. The van der Waals surface area contributed by atoms with E-state index in [1.165, 1.54) is 0 Å². The molecular weight excluding hydrogens is 340 g/mol. The zero-order valence-corrected chi connectivity index (χ0v) is 15.6. The number of amides is 2. The second kappa shape index (κ2) is 7.44. The van der Waals surface area contributed by atoms with Crippen LogP contribution in [0.15, 0.2) is 16.5 Å². The van der Waals surface area contributed by atoms with E-state index in [2.05, 4.69) is 22.4 Å². The fourth-order valence-electron chi connectivity index (χ4n) is 3.36. The van der Waals surface area contributed by atoms with Gasteiger partial charge in [0.25, 0.3) is 0 Å². The molecule has 2 amide bonds. The predicted octanol–water partition coefficient (Wildman–Crippen LogP) is 4.53. The number of likely N-dealkylation sites (tertiary alicyclic amines) is 1. The molecule has 1 aliphatic heterocycles. The molecule has 1 aromatic carbocycles. The van der Waals surface area contributed by atoms with Crippen molar-refractivity contribution in [3.05, 3.63) is 40.1 Å². The number of hydrogen-bond acceptors (Lipinski definition) is 4. The Labute approximate surface area is 152 Å². The quantitative estimate of drug-likeness (QED) is 0.867. The number of nitrogens with zero attached hydrogens (tertiary/aromatic N) is 3. The first-order valence-electron chi connectivity index (χ1n) is 8.73. The van der Waals surface area contributed by atoms with Gasteiger partial charge in [-0.15, -0.1) is 10.2 Å². The summed E-state index contributed by atoms with van der Waals surface area (Å²) in [5, 5.41) is 11.7. The van der Waals surface area contributed by atoms with Gasteiger partial charge < -0.3 is 14.6 Å². The summed E-state index contributed by atoms with van der Waals surface area (Å²) in [6.07, 6.45) is 3.32. The lowest BCUT2D eigenvalue weighted by atomic mass is 10.0. The Morgan fingerprint density at radius 2 is 2.16 bits per heavy atom. The maximum absolute atomic E-state index is 12.9. The lowest BCUT2D eigenvalue weighted by molar-refractivity contribution is 0.197. The Bertz CT molecular complexity index is 774. The van der Waals surface area contributed by atoms with Gasteiger partial charge in [0.2, 0.25) is 11.8 Å². The molecule has 1 N–H and O–H groups in total. The molecular formula is C18H23ClN4O2. The molecule has 6 nitrogen and oxygen atoms in total. The first kappa shape index (κ1) is 17.7. The molecule has 7 heteroatoms. The second-order valence-corrected chi connectivity index (χ2v) is 6.62. The molecule has 1 aliphatic rings. The van der Waals surface area contributed by atoms with Gasteiger partial charge in [0.1, 0.15) is 6.04 Å². The standard InChI is InChI=1S/C18H23ClN4O2/c1-4-12-8-9-14(19)13(5-2)16(12)20-18(24)23-10-6-7-15(23)17-22-21-11(3)25-17/h8-9,15H,4-7,10H2,1-3H3,(H,20,24)/t15-/m1/s1. The van der Waals surface area contributed by atoms with Crippen LogP contribution in [0.1, 0.15) is 55.6 Å². The fourth-order valence-corrected chi connectivity index (χ4v) is 3.65. The van der Waals surface area contributed by atoms with Gasteiger partial charge in [0, 0.05) is 18.5 Å². The minimum absolute atomic E-state index is 0.148. The summed E-state index contributed by atoms with van der Waals surface area (Å²) in [6.45, 7) is 6.53. The monoisotopic (exact) mass is 362 g/mol. The third kappa shape index (κ3) is 3.49. The lowest BCUT2D eigenvalue weighted by Gasteiger charge is -2.24. The molecule has 0 bridgehead atoms. The van der Waals surface area contributed by atoms with E-state index in [1.54, 1.807) is 11.8 Å². The van der Waals surface area contributed by atoms with Gasteiger partial charge in [0.05, 0.1) is 5.69 Å². The van der Waals surface area contributed by atoms with Gasteiger partial charge in [-0.05, 0) is 42.9 Å². The summed E-state index contributed by atoms with van der Waals surface area (Å²) in [5.41, 5.74) is 2.88. The number of carbonyl (C=O) groups is 1. The van der Waals surface area contributed by atoms with Crippen molar-refractivity contribution in [3.63, 3.8) is 0 Å². The SMILES string of the molecule is CCc1ccc(Cl)c(CC)c1NC(=O)N1CCC[C@@H]1c1nnc(C)o1. The summed E-state index contributed by atoms with van der Waals surface area (Å²) < 4.78 is 5.54. The fraction of sp³-hybridized carbons (Fsp3) is 0.500. The van der Waals surface area contributed by atoms with E-state index in [0.29, 0.717) is 23.3 Å². The Morgan fingerprint density at radius 3 is 2.80 bits per heavy atom. The van der Waals surface area contributed by atoms with E-state index in [-0.39, 0.29) is 12.1 Å². The van der Waals surface area contributed by atoms with Crippen molar-refractivity contribution in [1.29, 1.82) is 0 Å². The topological polar surface area (TPSA) is 71.3 Å². The van der Waals surface area contributed by atoms with E-state index >= 15 is 0 Å². The van der Waals surface area contributed by atoms with Gasteiger partial charge in [-0.25, -0.2) is 4.79 Å². The Morgan fingerprint density at radius 1 is 1.36 bits per heavy atom. The first-order valence-corrected chi connectivity index (χ1v) is 9.10. The number of aromatic nitrogens is 2. The largest absolute Gasteiger partial charge is 0.423 e. The minimum Gasteiger partial charge on any atom is -0.423 e. The number of benzene rings is 1. The van der Waals surface area contributed by atoms with Crippen LogP contribution in [0.5, 0.6) is 0 Å². The molecule has 1 atom stereocenters. The second-order valence-electron chi connectivity index (χ2n) is 6.21. The molecule has 1 fully saturated rings. The minimum atomic E-state index is -0.171. The zero-order chi connectivity index (χ0) is 18.0. The van der Waals surface area contributed by atoms with Gasteiger partial charge in [0.15, 0.2) is 0 Å². The van der Waals surface area contributed by atoms with Crippen LogP contribution < -0.4 is 5.32 Å². The lowest BCUT2D eigenvalue weighted by Crippen LogP contribution is -2.35. The molecule has 0 saturated carbocycles. The van der Waals surface area contributed by atoms with Crippen molar-refractivity contribution in [2.75, 3.05) is 11.9 Å². The number of carbonyl (C=O) groups excluding carboxylic acids is 1. The van der Waals surface area contributed by atoms with Crippen molar-refractivity contribution < 1.29 is 9.21 Å². The van der Waals surface area contributed by atoms with Crippen molar-refractivity contribution in [2.45, 2.75) is 52.5 Å². The highest BCUT2D eigenvalue weighted by atomic mass is 35.5. The number of urea groups is 1. The Balaban J connectivity index is 1.86. The number of aryl methyl sites for hydroxylation is 2. The number of anilines is 1. The summed E-state index contributed by atoms with van der Waals surface area (Å²) in [5.74, 6) is 1.02. The molecule has 0 radical (unpaired) electrons. The maximum Gasteiger partial charge on any atom is 0.322 e. The highest BCUT2D eigenvalue weighted by Crippen LogP contribution is 2.34. The van der Waals surface area contributed by atoms with Crippen LogP contribution in [0, 0.1) is 6.92 Å². The third-order valence-electron chi connectivity index (χ3n) is 4.65. The van der Waals surface area contributed by atoms with Gasteiger partial charge in [-0.1, -0.05) is 31.5 Å². The van der Waals surface area contributed by atoms with Crippen LogP contribution in [0.3, 0.4) is 0 Å². The molecule has 0 spiro atoms. The zero-order valence-electron chi connectivity index (χ0n) is 14.8. The molecule has 134 valence electrons. The molecule has 25 heavy (non-hydrogen) atoms. The molecule has 1 saturated heterocycles. The summed E-state index contributed by atoms with van der Waals surface area (Å²) >= 11 is 6.33. The van der Waals surface area contributed by atoms with Crippen LogP contribution >= 0.6 is 11.6 Å². The highest BCUT2D eigenvalue weighted by Gasteiger charge is 2.34. The van der Waals surface area contributed by atoms with E-state index in [9.17, 15) is 4.79 Å². The van der Waals surface area contributed by atoms with Crippen molar-refractivity contribution in [2.24, 2.45) is 0 Å². The van der Waals surface area contributed by atoms with Crippen LogP contribution in [-0.2, 0) is 12.8 Å². The maximum atomic E-state index is 12.9. The van der Waals surface area contributed by atoms with E-state index in [4.69, 9.17) is 16.0 Å². The molecule has 2 aromatic rings. The predicted molar refractivity (Wildman–Crippen MR) is 96.9 cm³/mol. The van der Waals surface area contributed by atoms with Gasteiger partial charge >= 0.3 is 6.03 Å². The van der Waals surface area contributed by atoms with E-state index < -0.39 is 0 Å². The summed E-state index contributed by atoms with van der Waals surface area (Å²) in [6, 6.07) is 3.55. The van der Waals surface area contributed by atoms with E-state index in [0.717, 1.165) is 42.5 Å². The number of rotatable bonds is 4. The van der Waals surface area contributed by atoms with Crippen LogP contribution in [0.25, 0.3) is 0 Å². The van der Waals surface area contributed by atoms with Gasteiger partial charge in [-0.2, -0.15) is 0 Å². The third-order valence-corrected chi connectivity index (χ3v) is 5.00. The number of halogens is 1. The normalized spacial score (nSPS) is 17.1. The molecule has 0 aliphatic carbocycles. The molecule has 3 rings (SSSR count). The molecule has 1 aromatic heterocycles. The Hall–Kier alpha value is -2.08. The van der Waals surface area contributed by atoms with Crippen LogP contribution in [0.4, 0.5) is 10.5 Å². The van der Waals surface area contributed by atoms with Gasteiger partial charge in [-0.3, -0.25) is 0 Å².